The van der Waals surface area contributed by atoms with Gasteiger partial charge in [-0.15, -0.1) is 0 Å². The molecule has 0 saturated heterocycles. The van der Waals surface area contributed by atoms with Crippen molar-refractivity contribution in [3.63, 3.8) is 0 Å². The third-order valence-electron chi connectivity index (χ3n) is 2.14. The number of nitrogens with two attached hydrogens (primary N) is 1. The molecule has 0 aliphatic carbocycles. The lowest BCUT2D eigenvalue weighted by molar-refractivity contribution is 0.429. The van der Waals surface area contributed by atoms with E-state index in [1.807, 2.05) is 6.92 Å². The quantitative estimate of drug-likeness (QED) is 0.889. The summed E-state index contributed by atoms with van der Waals surface area (Å²) in [5, 5.41) is 0.402. The van der Waals surface area contributed by atoms with Crippen molar-refractivity contribution in [3.8, 4) is 11.6 Å². The van der Waals surface area contributed by atoms with Crippen LogP contribution in [-0.2, 0) is 0 Å². The number of aromatic nitrogens is 1. The highest BCUT2D eigenvalue weighted by atomic mass is 35.5. The van der Waals surface area contributed by atoms with E-state index in [4.69, 9.17) is 22.1 Å². The van der Waals surface area contributed by atoms with Gasteiger partial charge in [-0.25, -0.2) is 9.37 Å². The van der Waals surface area contributed by atoms with E-state index in [0.717, 1.165) is 5.56 Å². The normalized spacial score (nSPS) is 10.3. The molecular formula is C12H10ClFN2O. The Kier molecular flexibility index (Phi) is 3.15. The standard InChI is InChI=1S/C12H10ClFN2O/c1-7-2-3-9(14)11(4-7)17-12-10(15)5-8(13)6-16-12/h2-6H,15H2,1H3. The zero-order valence-electron chi connectivity index (χ0n) is 9.08. The van der Waals surface area contributed by atoms with Crippen molar-refractivity contribution in [2.24, 2.45) is 0 Å². The monoisotopic (exact) mass is 252 g/mol. The van der Waals surface area contributed by atoms with Crippen LogP contribution < -0.4 is 10.5 Å². The molecule has 2 N–H and O–H groups in total. The Morgan fingerprint density at radius 3 is 2.82 bits per heavy atom. The maximum absolute atomic E-state index is 13.4. The van der Waals surface area contributed by atoms with Gasteiger partial charge in [-0.05, 0) is 30.7 Å². The summed E-state index contributed by atoms with van der Waals surface area (Å²) in [6.45, 7) is 1.84. The predicted molar refractivity (Wildman–Crippen MR) is 64.9 cm³/mol. The smallest absolute Gasteiger partial charge is 0.242 e. The number of hydrogen-bond donors (Lipinski definition) is 1. The summed E-state index contributed by atoms with van der Waals surface area (Å²) in [5.41, 5.74) is 6.81. The molecule has 0 amide bonds. The van der Waals surface area contributed by atoms with Crippen LogP contribution >= 0.6 is 11.6 Å². The lowest BCUT2D eigenvalue weighted by Crippen LogP contribution is -1.96. The molecule has 0 aliphatic heterocycles. The molecule has 0 atom stereocenters. The number of nitrogens with zero attached hydrogens (tertiary/aromatic N) is 1. The summed E-state index contributed by atoms with van der Waals surface area (Å²) >= 11 is 5.70. The fraction of sp³-hybridized carbons (Fsp3) is 0.0833. The minimum atomic E-state index is -0.466. The number of rotatable bonds is 2. The Morgan fingerprint density at radius 1 is 1.35 bits per heavy atom. The van der Waals surface area contributed by atoms with Gasteiger partial charge >= 0.3 is 0 Å². The molecule has 88 valence electrons. The van der Waals surface area contributed by atoms with Gasteiger partial charge < -0.3 is 10.5 Å². The minimum absolute atomic E-state index is 0.0894. The summed E-state index contributed by atoms with van der Waals surface area (Å²) in [6.07, 6.45) is 1.39. The van der Waals surface area contributed by atoms with Gasteiger partial charge in [-0.2, -0.15) is 0 Å². The second-order valence-corrected chi connectivity index (χ2v) is 4.02. The van der Waals surface area contributed by atoms with E-state index in [1.54, 1.807) is 12.1 Å². The van der Waals surface area contributed by atoms with Crippen LogP contribution in [0.25, 0.3) is 0 Å². The van der Waals surface area contributed by atoms with E-state index in [1.165, 1.54) is 18.3 Å². The molecule has 0 bridgehead atoms. The van der Waals surface area contributed by atoms with Gasteiger partial charge in [0.1, 0.15) is 0 Å². The molecule has 2 aromatic rings. The molecule has 0 fully saturated rings. The van der Waals surface area contributed by atoms with E-state index in [-0.39, 0.29) is 17.3 Å². The highest BCUT2D eigenvalue weighted by molar-refractivity contribution is 6.30. The number of benzene rings is 1. The second-order valence-electron chi connectivity index (χ2n) is 3.58. The topological polar surface area (TPSA) is 48.1 Å². The minimum Gasteiger partial charge on any atom is -0.434 e. The Labute approximate surface area is 103 Å². The Bertz CT molecular complexity index is 560. The van der Waals surface area contributed by atoms with Crippen LogP contribution in [0.2, 0.25) is 5.02 Å². The van der Waals surface area contributed by atoms with Gasteiger partial charge in [-0.3, -0.25) is 0 Å². The van der Waals surface area contributed by atoms with E-state index >= 15 is 0 Å². The van der Waals surface area contributed by atoms with E-state index in [9.17, 15) is 4.39 Å². The molecule has 0 saturated carbocycles. The average Bonchev–Trinajstić information content (AvgIpc) is 2.27. The first kappa shape index (κ1) is 11.7. The SMILES string of the molecule is Cc1ccc(F)c(Oc2ncc(Cl)cc2N)c1. The van der Waals surface area contributed by atoms with Gasteiger partial charge in [0, 0.05) is 6.20 Å². The van der Waals surface area contributed by atoms with Crippen LogP contribution in [0.15, 0.2) is 30.5 Å². The van der Waals surface area contributed by atoms with Gasteiger partial charge in [0.25, 0.3) is 0 Å². The van der Waals surface area contributed by atoms with Crippen LogP contribution in [0, 0.1) is 12.7 Å². The molecule has 2 rings (SSSR count). The number of nitrogen functional groups attached to an aromatic ring is 1. The number of hydrogen-bond acceptors (Lipinski definition) is 3. The summed E-state index contributed by atoms with van der Waals surface area (Å²) in [7, 11) is 0. The molecule has 0 aliphatic rings. The summed E-state index contributed by atoms with van der Waals surface area (Å²) in [6, 6.07) is 6.06. The van der Waals surface area contributed by atoms with Gasteiger partial charge in [0.15, 0.2) is 11.6 Å². The molecule has 3 nitrogen and oxygen atoms in total. The second kappa shape index (κ2) is 4.59. The molecule has 0 unspecified atom stereocenters. The summed E-state index contributed by atoms with van der Waals surface area (Å²) in [5.74, 6) is -0.239. The highest BCUT2D eigenvalue weighted by Crippen LogP contribution is 2.29. The van der Waals surface area contributed by atoms with Crippen LogP contribution in [0.4, 0.5) is 10.1 Å². The summed E-state index contributed by atoms with van der Waals surface area (Å²) in [4.78, 5) is 3.90. The first-order valence-electron chi connectivity index (χ1n) is 4.91. The summed E-state index contributed by atoms with van der Waals surface area (Å²) < 4.78 is 18.8. The maximum atomic E-state index is 13.4. The molecule has 0 radical (unpaired) electrons. The lowest BCUT2D eigenvalue weighted by Gasteiger charge is -2.08. The van der Waals surface area contributed by atoms with Crippen LogP contribution in [0.3, 0.4) is 0 Å². The maximum Gasteiger partial charge on any atom is 0.242 e. The molecule has 1 heterocycles. The number of anilines is 1. The van der Waals surface area contributed by atoms with Crippen molar-refractivity contribution >= 4 is 17.3 Å². The number of halogens is 2. The zero-order chi connectivity index (χ0) is 12.4. The predicted octanol–water partition coefficient (Wildman–Crippen LogP) is 3.56. The van der Waals surface area contributed by atoms with E-state index in [2.05, 4.69) is 4.98 Å². The zero-order valence-corrected chi connectivity index (χ0v) is 9.83. The van der Waals surface area contributed by atoms with Crippen LogP contribution in [-0.4, -0.2) is 4.98 Å². The Hall–Kier alpha value is -1.81. The van der Waals surface area contributed by atoms with Gasteiger partial charge in [0.2, 0.25) is 5.88 Å². The molecule has 1 aromatic heterocycles. The van der Waals surface area contributed by atoms with Crippen molar-refractivity contribution in [2.45, 2.75) is 6.92 Å². The molecule has 1 aromatic carbocycles. The largest absolute Gasteiger partial charge is 0.434 e. The fourth-order valence-corrected chi connectivity index (χ4v) is 1.49. The number of ether oxygens (including phenoxy) is 1. The van der Waals surface area contributed by atoms with Crippen molar-refractivity contribution in [1.29, 1.82) is 0 Å². The molecule has 0 spiro atoms. The first-order chi connectivity index (χ1) is 8.06. The lowest BCUT2D eigenvalue weighted by atomic mass is 10.2. The van der Waals surface area contributed by atoms with Crippen molar-refractivity contribution in [3.05, 3.63) is 46.9 Å². The molecular weight excluding hydrogens is 243 g/mol. The third-order valence-corrected chi connectivity index (χ3v) is 2.35. The van der Waals surface area contributed by atoms with Crippen molar-refractivity contribution in [2.75, 3.05) is 5.73 Å². The van der Waals surface area contributed by atoms with Crippen LogP contribution in [0.5, 0.6) is 11.6 Å². The molecule has 5 heteroatoms. The number of aryl methyl sites for hydroxylation is 1. The van der Waals surface area contributed by atoms with Gasteiger partial charge in [0.05, 0.1) is 10.7 Å². The first-order valence-corrected chi connectivity index (χ1v) is 5.29. The third kappa shape index (κ3) is 2.65. The Balaban J connectivity index is 2.34. The van der Waals surface area contributed by atoms with E-state index < -0.39 is 5.82 Å². The fourth-order valence-electron chi connectivity index (χ4n) is 1.32. The van der Waals surface area contributed by atoms with Crippen molar-refractivity contribution < 1.29 is 9.13 Å². The van der Waals surface area contributed by atoms with Gasteiger partial charge in [-0.1, -0.05) is 17.7 Å². The molecule has 17 heavy (non-hydrogen) atoms. The average molecular weight is 253 g/mol. The van der Waals surface area contributed by atoms with E-state index in [0.29, 0.717) is 5.02 Å². The number of pyridine rings is 1. The van der Waals surface area contributed by atoms with Crippen LogP contribution in [0.1, 0.15) is 5.56 Å². The van der Waals surface area contributed by atoms with Crippen molar-refractivity contribution in [1.82, 2.24) is 4.98 Å². The Morgan fingerprint density at radius 2 is 2.12 bits per heavy atom. The highest BCUT2D eigenvalue weighted by Gasteiger charge is 2.09.